The lowest BCUT2D eigenvalue weighted by atomic mass is 10.0. The van der Waals surface area contributed by atoms with E-state index in [1.54, 1.807) is 0 Å². The SMILES string of the molecule is CCSc1cccc(N2CCC3(CC2)OCCO3)c1CN. The summed E-state index contributed by atoms with van der Waals surface area (Å²) in [5, 5.41) is 0. The van der Waals surface area contributed by atoms with E-state index in [-0.39, 0.29) is 5.79 Å². The molecule has 5 heteroatoms. The molecule has 0 atom stereocenters. The number of anilines is 1. The van der Waals surface area contributed by atoms with E-state index in [0.717, 1.165) is 44.9 Å². The molecule has 2 aliphatic heterocycles. The van der Waals surface area contributed by atoms with Crippen molar-refractivity contribution in [1.29, 1.82) is 0 Å². The topological polar surface area (TPSA) is 47.7 Å². The lowest BCUT2D eigenvalue weighted by Crippen LogP contribution is -2.45. The van der Waals surface area contributed by atoms with Crippen molar-refractivity contribution in [3.8, 4) is 0 Å². The molecule has 2 heterocycles. The van der Waals surface area contributed by atoms with E-state index in [1.807, 2.05) is 11.8 Å². The maximum absolute atomic E-state index is 6.01. The molecule has 0 saturated carbocycles. The number of rotatable bonds is 4. The zero-order chi connectivity index (χ0) is 14.7. The van der Waals surface area contributed by atoms with Gasteiger partial charge in [-0.05, 0) is 17.9 Å². The highest BCUT2D eigenvalue weighted by Crippen LogP contribution is 2.36. The Bertz CT molecular complexity index is 479. The molecule has 2 fully saturated rings. The number of hydrogen-bond acceptors (Lipinski definition) is 5. The Morgan fingerprint density at radius 3 is 2.57 bits per heavy atom. The molecule has 0 aliphatic carbocycles. The summed E-state index contributed by atoms with van der Waals surface area (Å²) in [6.45, 7) is 6.16. The van der Waals surface area contributed by atoms with Crippen LogP contribution in [0.3, 0.4) is 0 Å². The number of ether oxygens (including phenoxy) is 2. The summed E-state index contributed by atoms with van der Waals surface area (Å²) < 4.78 is 11.6. The van der Waals surface area contributed by atoms with Crippen LogP contribution in [0.4, 0.5) is 5.69 Å². The van der Waals surface area contributed by atoms with Crippen LogP contribution in [0.2, 0.25) is 0 Å². The van der Waals surface area contributed by atoms with Gasteiger partial charge in [-0.25, -0.2) is 0 Å². The van der Waals surface area contributed by atoms with Crippen LogP contribution in [0.5, 0.6) is 0 Å². The molecule has 0 aromatic heterocycles. The van der Waals surface area contributed by atoms with Gasteiger partial charge in [0.05, 0.1) is 13.2 Å². The fourth-order valence-corrected chi connectivity index (χ4v) is 4.07. The summed E-state index contributed by atoms with van der Waals surface area (Å²) in [5.74, 6) is 0.760. The van der Waals surface area contributed by atoms with Crippen molar-refractivity contribution in [1.82, 2.24) is 0 Å². The van der Waals surface area contributed by atoms with Gasteiger partial charge >= 0.3 is 0 Å². The highest BCUT2D eigenvalue weighted by molar-refractivity contribution is 7.99. The molecule has 1 spiro atoms. The van der Waals surface area contributed by atoms with Crippen LogP contribution in [0, 0.1) is 0 Å². The molecule has 4 nitrogen and oxygen atoms in total. The minimum absolute atomic E-state index is 0.310. The average Bonchev–Trinajstić information content (AvgIpc) is 2.96. The number of thioether (sulfide) groups is 1. The van der Waals surface area contributed by atoms with E-state index in [2.05, 4.69) is 30.0 Å². The van der Waals surface area contributed by atoms with Crippen LogP contribution in [-0.2, 0) is 16.0 Å². The normalized spacial score (nSPS) is 21.1. The summed E-state index contributed by atoms with van der Waals surface area (Å²) in [5.41, 5.74) is 8.57. The van der Waals surface area contributed by atoms with Crippen molar-refractivity contribution in [2.75, 3.05) is 37.0 Å². The molecule has 3 rings (SSSR count). The Morgan fingerprint density at radius 1 is 1.24 bits per heavy atom. The zero-order valence-corrected chi connectivity index (χ0v) is 13.5. The Hall–Kier alpha value is -0.750. The Kier molecular flexibility index (Phi) is 4.74. The molecule has 1 aromatic carbocycles. The first kappa shape index (κ1) is 15.2. The van der Waals surface area contributed by atoms with Gasteiger partial charge in [-0.15, -0.1) is 11.8 Å². The summed E-state index contributed by atoms with van der Waals surface area (Å²) in [6.07, 6.45) is 1.87. The maximum Gasteiger partial charge on any atom is 0.171 e. The minimum atomic E-state index is -0.310. The minimum Gasteiger partial charge on any atom is -0.371 e. The highest BCUT2D eigenvalue weighted by atomic mass is 32.2. The number of nitrogens with zero attached hydrogens (tertiary/aromatic N) is 1. The van der Waals surface area contributed by atoms with Gasteiger partial charge in [0, 0.05) is 48.6 Å². The van der Waals surface area contributed by atoms with E-state index in [9.17, 15) is 0 Å². The van der Waals surface area contributed by atoms with Gasteiger partial charge in [-0.3, -0.25) is 0 Å². The fraction of sp³-hybridized carbons (Fsp3) is 0.625. The first-order valence-corrected chi connectivity index (χ1v) is 8.74. The molecule has 116 valence electrons. The van der Waals surface area contributed by atoms with Crippen LogP contribution < -0.4 is 10.6 Å². The van der Waals surface area contributed by atoms with Gasteiger partial charge in [-0.1, -0.05) is 13.0 Å². The van der Waals surface area contributed by atoms with Gasteiger partial charge in [0.15, 0.2) is 5.79 Å². The maximum atomic E-state index is 6.01. The van der Waals surface area contributed by atoms with Crippen molar-refractivity contribution in [3.05, 3.63) is 23.8 Å². The Labute approximate surface area is 131 Å². The lowest BCUT2D eigenvalue weighted by Gasteiger charge is -2.39. The van der Waals surface area contributed by atoms with Crippen molar-refractivity contribution in [2.45, 2.75) is 37.0 Å². The van der Waals surface area contributed by atoms with E-state index in [0.29, 0.717) is 6.54 Å². The summed E-state index contributed by atoms with van der Waals surface area (Å²) >= 11 is 1.87. The third kappa shape index (κ3) is 3.06. The second-order valence-corrected chi connectivity index (χ2v) is 6.79. The monoisotopic (exact) mass is 308 g/mol. The average molecular weight is 308 g/mol. The molecule has 2 aliphatic rings. The third-order valence-corrected chi connectivity index (χ3v) is 5.27. The molecule has 0 unspecified atom stereocenters. The molecule has 0 radical (unpaired) electrons. The van der Waals surface area contributed by atoms with Crippen molar-refractivity contribution >= 4 is 17.4 Å². The summed E-state index contributed by atoms with van der Waals surface area (Å²) in [6, 6.07) is 6.50. The number of benzene rings is 1. The smallest absolute Gasteiger partial charge is 0.171 e. The van der Waals surface area contributed by atoms with E-state index >= 15 is 0 Å². The third-order valence-electron chi connectivity index (χ3n) is 4.29. The predicted octanol–water partition coefficient (Wildman–Crippen LogP) is 2.60. The zero-order valence-electron chi connectivity index (χ0n) is 12.6. The van der Waals surface area contributed by atoms with Gasteiger partial charge in [-0.2, -0.15) is 0 Å². The van der Waals surface area contributed by atoms with Crippen molar-refractivity contribution in [2.24, 2.45) is 5.73 Å². The number of nitrogens with two attached hydrogens (primary N) is 1. The molecular formula is C16H24N2O2S. The first-order valence-electron chi connectivity index (χ1n) is 7.75. The predicted molar refractivity (Wildman–Crippen MR) is 86.8 cm³/mol. The molecular weight excluding hydrogens is 284 g/mol. The Morgan fingerprint density at radius 2 is 1.95 bits per heavy atom. The van der Waals surface area contributed by atoms with E-state index in [1.165, 1.54) is 16.1 Å². The standard InChI is InChI=1S/C16H24N2O2S/c1-2-21-15-5-3-4-14(13(15)12-17)18-8-6-16(7-9-18)19-10-11-20-16/h3-5H,2,6-12,17H2,1H3. The van der Waals surface area contributed by atoms with Gasteiger partial charge in [0.1, 0.15) is 0 Å². The van der Waals surface area contributed by atoms with Crippen LogP contribution in [0.1, 0.15) is 25.3 Å². The van der Waals surface area contributed by atoms with Gasteiger partial charge in [0.25, 0.3) is 0 Å². The van der Waals surface area contributed by atoms with Crippen LogP contribution in [-0.4, -0.2) is 37.8 Å². The second-order valence-electron chi connectivity index (χ2n) is 5.49. The first-order chi connectivity index (χ1) is 10.3. The lowest BCUT2D eigenvalue weighted by molar-refractivity contribution is -0.169. The summed E-state index contributed by atoms with van der Waals surface area (Å²) in [7, 11) is 0. The number of piperidine rings is 1. The van der Waals surface area contributed by atoms with Gasteiger partial charge in [0.2, 0.25) is 0 Å². The summed E-state index contributed by atoms with van der Waals surface area (Å²) in [4.78, 5) is 3.74. The van der Waals surface area contributed by atoms with E-state index in [4.69, 9.17) is 15.2 Å². The van der Waals surface area contributed by atoms with E-state index < -0.39 is 0 Å². The molecule has 2 saturated heterocycles. The van der Waals surface area contributed by atoms with Crippen molar-refractivity contribution < 1.29 is 9.47 Å². The molecule has 0 amide bonds. The Balaban J connectivity index is 1.77. The largest absolute Gasteiger partial charge is 0.371 e. The molecule has 0 bridgehead atoms. The van der Waals surface area contributed by atoms with Crippen molar-refractivity contribution in [3.63, 3.8) is 0 Å². The van der Waals surface area contributed by atoms with Crippen LogP contribution >= 0.6 is 11.8 Å². The fourth-order valence-electron chi connectivity index (χ4n) is 3.22. The molecule has 21 heavy (non-hydrogen) atoms. The second kappa shape index (κ2) is 6.57. The van der Waals surface area contributed by atoms with Crippen LogP contribution in [0.25, 0.3) is 0 Å². The number of hydrogen-bond donors (Lipinski definition) is 1. The molecule has 2 N–H and O–H groups in total. The van der Waals surface area contributed by atoms with Gasteiger partial charge < -0.3 is 20.1 Å². The molecule has 1 aromatic rings. The van der Waals surface area contributed by atoms with Crippen LogP contribution in [0.15, 0.2) is 23.1 Å². The highest BCUT2D eigenvalue weighted by Gasteiger charge is 2.40. The quantitative estimate of drug-likeness (QED) is 0.866.